The standard InChI is InChI=1S/C16H24BN3O4/c1-11(16(22)20-9-3-4-14(20)17(23)24)19-15(21)13-7-5-12(6-8-13)10-18-2/h5-8,11,14,18,23-24H,3-4,9-10H2,1-2H3,(H,19,21)/t11-,14+/m1/s1. The number of carbonyl (C=O) groups excluding carboxylic acids is 2. The van der Waals surface area contributed by atoms with E-state index in [-0.39, 0.29) is 11.8 Å². The van der Waals surface area contributed by atoms with Crippen molar-refractivity contribution in [1.29, 1.82) is 0 Å². The normalized spacial score (nSPS) is 18.3. The number of hydrogen-bond donors (Lipinski definition) is 4. The van der Waals surface area contributed by atoms with Crippen LogP contribution < -0.4 is 10.6 Å². The van der Waals surface area contributed by atoms with Gasteiger partial charge in [0, 0.05) is 18.7 Å². The molecule has 8 heteroatoms. The Balaban J connectivity index is 1.96. The molecule has 0 spiro atoms. The number of nitrogens with zero attached hydrogens (tertiary/aromatic N) is 1. The Morgan fingerprint density at radius 2 is 2.00 bits per heavy atom. The Morgan fingerprint density at radius 3 is 2.58 bits per heavy atom. The summed E-state index contributed by atoms with van der Waals surface area (Å²) >= 11 is 0. The Morgan fingerprint density at radius 1 is 1.33 bits per heavy atom. The van der Waals surface area contributed by atoms with E-state index in [1.807, 2.05) is 19.2 Å². The molecule has 1 saturated heterocycles. The summed E-state index contributed by atoms with van der Waals surface area (Å²) in [6, 6.07) is 6.42. The van der Waals surface area contributed by atoms with E-state index >= 15 is 0 Å². The molecule has 1 fully saturated rings. The highest BCUT2D eigenvalue weighted by Crippen LogP contribution is 2.19. The molecule has 1 aromatic carbocycles. The molecule has 1 heterocycles. The molecular formula is C16H24BN3O4. The van der Waals surface area contributed by atoms with Gasteiger partial charge < -0.3 is 25.6 Å². The van der Waals surface area contributed by atoms with Crippen molar-refractivity contribution in [1.82, 2.24) is 15.5 Å². The van der Waals surface area contributed by atoms with Crippen LogP contribution in [0.2, 0.25) is 0 Å². The van der Waals surface area contributed by atoms with Gasteiger partial charge in [-0.05, 0) is 44.5 Å². The number of rotatable bonds is 6. The quantitative estimate of drug-likeness (QED) is 0.527. The lowest BCUT2D eigenvalue weighted by atomic mass is 9.78. The fourth-order valence-corrected chi connectivity index (χ4v) is 2.94. The van der Waals surface area contributed by atoms with E-state index in [1.165, 1.54) is 4.90 Å². The van der Waals surface area contributed by atoms with Crippen molar-refractivity contribution < 1.29 is 19.6 Å². The van der Waals surface area contributed by atoms with Gasteiger partial charge in [-0.3, -0.25) is 9.59 Å². The molecule has 2 atom stereocenters. The van der Waals surface area contributed by atoms with Gasteiger partial charge in [-0.1, -0.05) is 12.1 Å². The minimum absolute atomic E-state index is 0.300. The molecule has 0 radical (unpaired) electrons. The SMILES string of the molecule is CNCc1ccc(C(=O)N[C@H](C)C(=O)N2CCC[C@H]2B(O)O)cc1. The minimum Gasteiger partial charge on any atom is -0.426 e. The molecule has 2 amide bonds. The Hall–Kier alpha value is -1.90. The first-order valence-corrected chi connectivity index (χ1v) is 8.15. The Kier molecular flexibility index (Phi) is 6.36. The number of nitrogens with one attached hydrogen (secondary N) is 2. The second-order valence-electron chi connectivity index (χ2n) is 6.08. The molecule has 1 aliphatic rings. The molecule has 24 heavy (non-hydrogen) atoms. The molecule has 0 bridgehead atoms. The van der Waals surface area contributed by atoms with E-state index in [2.05, 4.69) is 10.6 Å². The van der Waals surface area contributed by atoms with Crippen LogP contribution >= 0.6 is 0 Å². The van der Waals surface area contributed by atoms with Crippen molar-refractivity contribution in [2.75, 3.05) is 13.6 Å². The zero-order valence-electron chi connectivity index (χ0n) is 14.0. The third kappa shape index (κ3) is 4.34. The second-order valence-corrected chi connectivity index (χ2v) is 6.08. The highest BCUT2D eigenvalue weighted by atomic mass is 16.4. The largest absolute Gasteiger partial charge is 0.475 e. The fourth-order valence-electron chi connectivity index (χ4n) is 2.94. The highest BCUT2D eigenvalue weighted by Gasteiger charge is 2.38. The van der Waals surface area contributed by atoms with Crippen LogP contribution in [0.5, 0.6) is 0 Å². The third-order valence-electron chi connectivity index (χ3n) is 4.24. The molecular weight excluding hydrogens is 309 g/mol. The van der Waals surface area contributed by atoms with E-state index in [4.69, 9.17) is 0 Å². The summed E-state index contributed by atoms with van der Waals surface area (Å²) in [5.74, 6) is -1.23. The first-order valence-electron chi connectivity index (χ1n) is 8.15. The zero-order chi connectivity index (χ0) is 17.7. The minimum atomic E-state index is -1.56. The summed E-state index contributed by atoms with van der Waals surface area (Å²) in [6.07, 6.45) is 1.28. The predicted octanol–water partition coefficient (Wildman–Crippen LogP) is -0.473. The molecule has 0 aliphatic carbocycles. The average Bonchev–Trinajstić information content (AvgIpc) is 3.04. The van der Waals surface area contributed by atoms with Gasteiger partial charge in [0.15, 0.2) is 0 Å². The first kappa shape index (κ1) is 18.4. The smallest absolute Gasteiger partial charge is 0.426 e. The molecule has 2 rings (SSSR count). The monoisotopic (exact) mass is 333 g/mol. The first-order chi connectivity index (χ1) is 11.4. The van der Waals surface area contributed by atoms with Gasteiger partial charge in [0.25, 0.3) is 5.91 Å². The lowest BCUT2D eigenvalue weighted by Crippen LogP contribution is -2.52. The fraction of sp³-hybridized carbons (Fsp3) is 0.500. The average molecular weight is 333 g/mol. The zero-order valence-corrected chi connectivity index (χ0v) is 14.0. The van der Waals surface area contributed by atoms with Crippen LogP contribution in [0.15, 0.2) is 24.3 Å². The maximum absolute atomic E-state index is 12.4. The van der Waals surface area contributed by atoms with E-state index in [0.717, 1.165) is 18.5 Å². The number of hydrogen-bond acceptors (Lipinski definition) is 5. The Bertz CT molecular complexity index is 579. The maximum atomic E-state index is 12.4. The van der Waals surface area contributed by atoms with Gasteiger partial charge in [0.2, 0.25) is 5.91 Å². The van der Waals surface area contributed by atoms with E-state index in [1.54, 1.807) is 19.1 Å². The molecule has 0 aromatic heterocycles. The molecule has 4 N–H and O–H groups in total. The number of carbonyl (C=O) groups is 2. The lowest BCUT2D eigenvalue weighted by Gasteiger charge is -2.27. The van der Waals surface area contributed by atoms with Crippen LogP contribution in [0.1, 0.15) is 35.7 Å². The van der Waals surface area contributed by atoms with Crippen molar-refractivity contribution in [3.63, 3.8) is 0 Å². The van der Waals surface area contributed by atoms with Gasteiger partial charge >= 0.3 is 7.12 Å². The van der Waals surface area contributed by atoms with E-state index < -0.39 is 19.1 Å². The van der Waals surface area contributed by atoms with Crippen molar-refractivity contribution in [2.24, 2.45) is 0 Å². The van der Waals surface area contributed by atoms with Crippen LogP contribution in [-0.4, -0.2) is 59.5 Å². The van der Waals surface area contributed by atoms with Crippen LogP contribution in [-0.2, 0) is 11.3 Å². The molecule has 7 nitrogen and oxygen atoms in total. The molecule has 0 saturated carbocycles. The maximum Gasteiger partial charge on any atom is 0.475 e. The van der Waals surface area contributed by atoms with Crippen LogP contribution in [0.4, 0.5) is 0 Å². The van der Waals surface area contributed by atoms with Crippen LogP contribution in [0.3, 0.4) is 0 Å². The van der Waals surface area contributed by atoms with Gasteiger partial charge in [-0.15, -0.1) is 0 Å². The van der Waals surface area contributed by atoms with Crippen molar-refractivity contribution in [2.45, 2.75) is 38.3 Å². The van der Waals surface area contributed by atoms with Gasteiger partial charge in [0.05, 0.1) is 5.94 Å². The van der Waals surface area contributed by atoms with Crippen molar-refractivity contribution >= 4 is 18.9 Å². The van der Waals surface area contributed by atoms with Crippen LogP contribution in [0, 0.1) is 0 Å². The number of likely N-dealkylation sites (tertiary alicyclic amines) is 1. The number of amides is 2. The third-order valence-corrected chi connectivity index (χ3v) is 4.24. The van der Waals surface area contributed by atoms with E-state index in [9.17, 15) is 19.6 Å². The van der Waals surface area contributed by atoms with Crippen molar-refractivity contribution in [3.05, 3.63) is 35.4 Å². The predicted molar refractivity (Wildman–Crippen MR) is 91.1 cm³/mol. The topological polar surface area (TPSA) is 102 Å². The summed E-state index contributed by atoms with van der Waals surface area (Å²) in [7, 11) is 0.294. The molecule has 130 valence electrons. The number of benzene rings is 1. The molecule has 1 aromatic rings. The van der Waals surface area contributed by atoms with Gasteiger partial charge in [0.1, 0.15) is 6.04 Å². The van der Waals surface area contributed by atoms with Gasteiger partial charge in [-0.2, -0.15) is 0 Å². The summed E-state index contributed by atoms with van der Waals surface area (Å²) in [4.78, 5) is 26.1. The molecule has 1 aliphatic heterocycles. The summed E-state index contributed by atoms with van der Waals surface area (Å²) in [6.45, 7) is 2.80. The summed E-state index contributed by atoms with van der Waals surface area (Å²) in [5, 5.41) is 24.4. The lowest BCUT2D eigenvalue weighted by molar-refractivity contribution is -0.132. The van der Waals surface area contributed by atoms with Crippen molar-refractivity contribution in [3.8, 4) is 0 Å². The molecule has 0 unspecified atom stereocenters. The van der Waals surface area contributed by atoms with E-state index in [0.29, 0.717) is 18.5 Å². The summed E-state index contributed by atoms with van der Waals surface area (Å²) < 4.78 is 0. The Labute approximate surface area is 142 Å². The second kappa shape index (κ2) is 8.28. The van der Waals surface area contributed by atoms with Crippen LogP contribution in [0.25, 0.3) is 0 Å². The summed E-state index contributed by atoms with van der Waals surface area (Å²) in [5.41, 5.74) is 1.55. The van der Waals surface area contributed by atoms with Gasteiger partial charge in [-0.25, -0.2) is 0 Å². The highest BCUT2D eigenvalue weighted by molar-refractivity contribution is 6.43.